The minimum Gasteiger partial charge on any atom is -0.481 e. The zero-order valence-electron chi connectivity index (χ0n) is 7.82. The molecule has 0 amide bonds. The minimum absolute atomic E-state index is 0.124. The molecule has 3 heteroatoms. The first-order chi connectivity index (χ1) is 6.02. The molecule has 0 bridgehead atoms. The first kappa shape index (κ1) is 9.71. The van der Waals surface area contributed by atoms with E-state index in [1.807, 2.05) is 26.0 Å². The smallest absolute Gasteiger partial charge is 0.304 e. The van der Waals surface area contributed by atoms with E-state index in [0.717, 1.165) is 5.56 Å². The molecule has 0 spiro atoms. The van der Waals surface area contributed by atoms with Crippen molar-refractivity contribution >= 4 is 5.97 Å². The van der Waals surface area contributed by atoms with Crippen LogP contribution in [0.3, 0.4) is 0 Å². The molecule has 1 aromatic heterocycles. The van der Waals surface area contributed by atoms with Gasteiger partial charge < -0.3 is 5.11 Å². The minimum atomic E-state index is -0.783. The number of nitrogens with zero attached hydrogens (tertiary/aromatic N) is 1. The Balaban J connectivity index is 2.87. The van der Waals surface area contributed by atoms with E-state index in [4.69, 9.17) is 5.11 Å². The molecule has 1 N–H and O–H groups in total. The Morgan fingerprint density at radius 3 is 2.77 bits per heavy atom. The lowest BCUT2D eigenvalue weighted by Crippen LogP contribution is -2.21. The number of carbonyl (C=O) groups is 1. The molecule has 0 aliphatic rings. The monoisotopic (exact) mass is 179 g/mol. The van der Waals surface area contributed by atoms with Crippen molar-refractivity contribution in [2.75, 3.05) is 0 Å². The van der Waals surface area contributed by atoms with Crippen molar-refractivity contribution < 1.29 is 9.90 Å². The van der Waals surface area contributed by atoms with Gasteiger partial charge in [-0.25, -0.2) is 0 Å². The average molecular weight is 179 g/mol. The van der Waals surface area contributed by atoms with Crippen LogP contribution in [0, 0.1) is 0 Å². The van der Waals surface area contributed by atoms with Crippen LogP contribution in [-0.2, 0) is 10.2 Å². The molecule has 13 heavy (non-hydrogen) atoms. The first-order valence-electron chi connectivity index (χ1n) is 4.15. The van der Waals surface area contributed by atoms with Gasteiger partial charge in [-0.05, 0) is 11.6 Å². The molecule has 1 rings (SSSR count). The summed E-state index contributed by atoms with van der Waals surface area (Å²) in [5.41, 5.74) is 0.609. The number of carboxylic acid groups (broad SMARTS) is 1. The largest absolute Gasteiger partial charge is 0.481 e. The van der Waals surface area contributed by atoms with E-state index in [1.165, 1.54) is 0 Å². The van der Waals surface area contributed by atoms with Gasteiger partial charge in [-0.15, -0.1) is 0 Å². The van der Waals surface area contributed by atoms with Crippen LogP contribution >= 0.6 is 0 Å². The second-order valence-corrected chi connectivity index (χ2v) is 3.70. The Morgan fingerprint density at radius 1 is 1.62 bits per heavy atom. The van der Waals surface area contributed by atoms with Gasteiger partial charge in [0.25, 0.3) is 0 Å². The van der Waals surface area contributed by atoms with Gasteiger partial charge in [0, 0.05) is 17.8 Å². The van der Waals surface area contributed by atoms with Crippen molar-refractivity contribution in [3.8, 4) is 0 Å². The molecule has 3 nitrogen and oxygen atoms in total. The summed E-state index contributed by atoms with van der Waals surface area (Å²) in [5.74, 6) is -0.783. The van der Waals surface area contributed by atoms with Gasteiger partial charge in [0.05, 0.1) is 6.42 Å². The summed E-state index contributed by atoms with van der Waals surface area (Å²) in [4.78, 5) is 14.5. The summed E-state index contributed by atoms with van der Waals surface area (Å²) in [6, 6.07) is 3.72. The highest BCUT2D eigenvalue weighted by atomic mass is 16.4. The molecule has 0 fully saturated rings. The van der Waals surface area contributed by atoms with Crippen LogP contribution in [0.25, 0.3) is 0 Å². The highest BCUT2D eigenvalue weighted by Crippen LogP contribution is 2.25. The molecule has 0 aromatic carbocycles. The third-order valence-corrected chi connectivity index (χ3v) is 2.04. The molecule has 0 saturated carbocycles. The Labute approximate surface area is 77.4 Å². The zero-order valence-corrected chi connectivity index (χ0v) is 7.82. The van der Waals surface area contributed by atoms with Crippen molar-refractivity contribution in [2.45, 2.75) is 25.7 Å². The van der Waals surface area contributed by atoms with E-state index in [-0.39, 0.29) is 11.8 Å². The predicted octanol–water partition coefficient (Wildman–Crippen LogP) is 1.83. The lowest BCUT2D eigenvalue weighted by atomic mass is 9.83. The number of hydrogen-bond donors (Lipinski definition) is 1. The van der Waals surface area contributed by atoms with E-state index < -0.39 is 5.97 Å². The van der Waals surface area contributed by atoms with Crippen molar-refractivity contribution in [2.24, 2.45) is 0 Å². The molecule has 0 aliphatic carbocycles. The van der Waals surface area contributed by atoms with Gasteiger partial charge in [-0.3, -0.25) is 9.78 Å². The molecule has 70 valence electrons. The van der Waals surface area contributed by atoms with E-state index in [2.05, 4.69) is 4.98 Å². The first-order valence-corrected chi connectivity index (χ1v) is 4.15. The fraction of sp³-hybridized carbons (Fsp3) is 0.400. The average Bonchev–Trinajstić information content (AvgIpc) is 2.04. The molecule has 0 atom stereocenters. The summed E-state index contributed by atoms with van der Waals surface area (Å²) in [6.45, 7) is 3.80. The van der Waals surface area contributed by atoms with E-state index in [1.54, 1.807) is 12.4 Å². The summed E-state index contributed by atoms with van der Waals surface area (Å²) in [7, 11) is 0. The molecule has 1 aromatic rings. The van der Waals surface area contributed by atoms with Gasteiger partial charge in [-0.2, -0.15) is 0 Å². The van der Waals surface area contributed by atoms with Gasteiger partial charge in [0.15, 0.2) is 0 Å². The van der Waals surface area contributed by atoms with Crippen LogP contribution in [0.2, 0.25) is 0 Å². The van der Waals surface area contributed by atoms with Crippen molar-refractivity contribution in [3.63, 3.8) is 0 Å². The van der Waals surface area contributed by atoms with Crippen molar-refractivity contribution in [1.82, 2.24) is 4.98 Å². The maximum atomic E-state index is 10.6. The number of aromatic nitrogens is 1. The fourth-order valence-electron chi connectivity index (χ4n) is 1.24. The number of pyridine rings is 1. The second-order valence-electron chi connectivity index (χ2n) is 3.70. The van der Waals surface area contributed by atoms with Crippen LogP contribution in [-0.4, -0.2) is 16.1 Å². The van der Waals surface area contributed by atoms with Crippen molar-refractivity contribution in [1.29, 1.82) is 0 Å². The third-order valence-electron chi connectivity index (χ3n) is 2.04. The van der Waals surface area contributed by atoms with E-state index in [0.29, 0.717) is 0 Å². The van der Waals surface area contributed by atoms with Gasteiger partial charge in [0.1, 0.15) is 0 Å². The third kappa shape index (κ3) is 2.54. The number of hydrogen-bond acceptors (Lipinski definition) is 2. The number of aliphatic carboxylic acids is 1. The molecule has 0 aliphatic heterocycles. The van der Waals surface area contributed by atoms with E-state index in [9.17, 15) is 4.79 Å². The molecule has 0 unspecified atom stereocenters. The molecule has 0 radical (unpaired) electrons. The van der Waals surface area contributed by atoms with Crippen LogP contribution in [0.5, 0.6) is 0 Å². The Morgan fingerprint density at radius 2 is 2.31 bits per heavy atom. The zero-order chi connectivity index (χ0) is 9.90. The van der Waals surface area contributed by atoms with Crippen molar-refractivity contribution in [3.05, 3.63) is 30.1 Å². The number of carboxylic acids is 1. The standard InChI is InChI=1S/C10H13NO2/c1-10(2,6-9(12)13)8-4-3-5-11-7-8/h3-5,7H,6H2,1-2H3,(H,12,13). The number of rotatable bonds is 3. The highest BCUT2D eigenvalue weighted by molar-refractivity contribution is 5.68. The van der Waals surface area contributed by atoms with Crippen LogP contribution < -0.4 is 0 Å². The predicted molar refractivity (Wildman–Crippen MR) is 49.5 cm³/mol. The van der Waals surface area contributed by atoms with Crippen LogP contribution in [0.4, 0.5) is 0 Å². The maximum Gasteiger partial charge on any atom is 0.304 e. The Kier molecular flexibility index (Phi) is 2.66. The lowest BCUT2D eigenvalue weighted by molar-refractivity contribution is -0.138. The highest BCUT2D eigenvalue weighted by Gasteiger charge is 2.23. The summed E-state index contributed by atoms with van der Waals surface area (Å²) >= 11 is 0. The molecule has 1 heterocycles. The molecular formula is C10H13NO2. The topological polar surface area (TPSA) is 50.2 Å². The van der Waals surface area contributed by atoms with Gasteiger partial charge >= 0.3 is 5.97 Å². The van der Waals surface area contributed by atoms with Crippen LogP contribution in [0.1, 0.15) is 25.8 Å². The quantitative estimate of drug-likeness (QED) is 0.770. The SMILES string of the molecule is CC(C)(CC(=O)O)c1cccnc1. The second kappa shape index (κ2) is 3.56. The Bertz CT molecular complexity index is 293. The molecule has 0 saturated heterocycles. The van der Waals surface area contributed by atoms with Crippen LogP contribution in [0.15, 0.2) is 24.5 Å². The Hall–Kier alpha value is -1.38. The molecular weight excluding hydrogens is 166 g/mol. The van der Waals surface area contributed by atoms with Gasteiger partial charge in [0.2, 0.25) is 0 Å². The summed E-state index contributed by atoms with van der Waals surface area (Å²) in [6.07, 6.45) is 3.52. The maximum absolute atomic E-state index is 10.6. The van der Waals surface area contributed by atoms with E-state index >= 15 is 0 Å². The lowest BCUT2D eigenvalue weighted by Gasteiger charge is -2.22. The summed E-state index contributed by atoms with van der Waals surface area (Å²) < 4.78 is 0. The fourth-order valence-corrected chi connectivity index (χ4v) is 1.24. The van der Waals surface area contributed by atoms with Gasteiger partial charge in [-0.1, -0.05) is 19.9 Å². The summed E-state index contributed by atoms with van der Waals surface area (Å²) in [5, 5.41) is 8.69. The normalized spacial score (nSPS) is 11.2.